The molecule has 0 radical (unpaired) electrons. The van der Waals surface area contributed by atoms with Gasteiger partial charge >= 0.3 is 12.1 Å². The predicted molar refractivity (Wildman–Crippen MR) is 91.1 cm³/mol. The molecule has 0 fully saturated rings. The molecule has 2 N–H and O–H groups in total. The maximum atomic E-state index is 12.7. The Hall–Kier alpha value is -2.84. The predicted octanol–water partition coefficient (Wildman–Crippen LogP) is 3.45. The summed E-state index contributed by atoms with van der Waals surface area (Å²) in [6.07, 6.45) is -4.46. The number of benzene rings is 1. The van der Waals surface area contributed by atoms with Crippen LogP contribution in [-0.2, 0) is 22.9 Å². The first-order chi connectivity index (χ1) is 12.4. The maximum absolute atomic E-state index is 12.7. The fourth-order valence-corrected chi connectivity index (χ4v) is 2.36. The first-order valence-electron chi connectivity index (χ1n) is 8.11. The number of alkyl halides is 3. The van der Waals surface area contributed by atoms with Gasteiger partial charge in [-0.15, -0.1) is 0 Å². The van der Waals surface area contributed by atoms with Gasteiger partial charge in [-0.2, -0.15) is 18.3 Å². The van der Waals surface area contributed by atoms with Crippen molar-refractivity contribution in [1.82, 2.24) is 15.1 Å². The van der Waals surface area contributed by atoms with Crippen LogP contribution in [0.15, 0.2) is 30.3 Å². The quantitative estimate of drug-likeness (QED) is 0.828. The molecular formula is C18H20F3N3O3. The second-order valence-corrected chi connectivity index (χ2v) is 7.17. The lowest BCUT2D eigenvalue weighted by Gasteiger charge is -2.20. The third-order valence-corrected chi connectivity index (χ3v) is 3.87. The molecule has 0 unspecified atom stereocenters. The van der Waals surface area contributed by atoms with Gasteiger partial charge in [0.05, 0.1) is 5.56 Å². The van der Waals surface area contributed by atoms with Gasteiger partial charge in [0.1, 0.15) is 12.2 Å². The average molecular weight is 383 g/mol. The Balaban J connectivity index is 2.23. The number of carbonyl (C=O) groups excluding carboxylic acids is 1. The standard InChI is InChI=1S/C18H20F3N3O3/c1-17(2,3)14-8-13(22-23-14)16(27)24(10-15(25)26)9-11-4-6-12(7-5-11)18(19,20)21/h4-8H,9-10H2,1-3H3,(H,22,23)(H,25,26). The van der Waals surface area contributed by atoms with Crippen molar-refractivity contribution in [2.24, 2.45) is 0 Å². The van der Waals surface area contributed by atoms with Gasteiger partial charge in [-0.25, -0.2) is 0 Å². The van der Waals surface area contributed by atoms with Crippen molar-refractivity contribution in [1.29, 1.82) is 0 Å². The van der Waals surface area contributed by atoms with Crippen molar-refractivity contribution >= 4 is 11.9 Å². The normalized spacial score (nSPS) is 12.1. The average Bonchev–Trinajstić information content (AvgIpc) is 3.03. The Morgan fingerprint density at radius 3 is 2.19 bits per heavy atom. The van der Waals surface area contributed by atoms with Gasteiger partial charge in [0, 0.05) is 17.7 Å². The SMILES string of the molecule is CC(C)(C)c1cc(C(=O)N(CC(=O)O)Cc2ccc(C(F)(F)F)cc2)n[nH]1. The number of amides is 1. The van der Waals surface area contributed by atoms with Crippen molar-refractivity contribution < 1.29 is 27.9 Å². The van der Waals surface area contributed by atoms with Gasteiger partial charge in [-0.3, -0.25) is 14.7 Å². The molecule has 1 aromatic carbocycles. The summed E-state index contributed by atoms with van der Waals surface area (Å²) in [5.74, 6) is -1.86. The highest BCUT2D eigenvalue weighted by atomic mass is 19.4. The Morgan fingerprint density at radius 1 is 1.15 bits per heavy atom. The largest absolute Gasteiger partial charge is 0.480 e. The summed E-state index contributed by atoms with van der Waals surface area (Å²) < 4.78 is 37.9. The van der Waals surface area contributed by atoms with E-state index in [1.807, 2.05) is 20.8 Å². The van der Waals surface area contributed by atoms with Gasteiger partial charge in [-0.05, 0) is 23.8 Å². The molecular weight excluding hydrogens is 363 g/mol. The van der Waals surface area contributed by atoms with Gasteiger partial charge in [0.25, 0.3) is 5.91 Å². The molecule has 1 aromatic heterocycles. The lowest BCUT2D eigenvalue weighted by Crippen LogP contribution is -2.35. The number of aliphatic carboxylic acids is 1. The molecule has 0 atom stereocenters. The lowest BCUT2D eigenvalue weighted by atomic mass is 9.92. The van der Waals surface area contributed by atoms with Crippen LogP contribution in [0.25, 0.3) is 0 Å². The third-order valence-electron chi connectivity index (χ3n) is 3.87. The number of H-pyrrole nitrogens is 1. The number of carboxylic acids is 1. The number of aromatic nitrogens is 2. The molecule has 2 rings (SSSR count). The van der Waals surface area contributed by atoms with Crippen LogP contribution in [0.1, 0.15) is 48.1 Å². The van der Waals surface area contributed by atoms with Crippen LogP contribution in [0.3, 0.4) is 0 Å². The number of halogens is 3. The summed E-state index contributed by atoms with van der Waals surface area (Å²) in [6.45, 7) is 5.02. The summed E-state index contributed by atoms with van der Waals surface area (Å²) in [7, 11) is 0. The Kier molecular flexibility index (Phi) is 5.62. The highest BCUT2D eigenvalue weighted by Crippen LogP contribution is 2.29. The molecule has 6 nitrogen and oxygen atoms in total. The van der Waals surface area contributed by atoms with Gasteiger partial charge in [0.2, 0.25) is 0 Å². The molecule has 9 heteroatoms. The molecule has 2 aromatic rings. The summed E-state index contributed by atoms with van der Waals surface area (Å²) in [5, 5.41) is 15.8. The van der Waals surface area contributed by atoms with Gasteiger partial charge in [-0.1, -0.05) is 32.9 Å². The molecule has 27 heavy (non-hydrogen) atoms. The lowest BCUT2D eigenvalue weighted by molar-refractivity contribution is -0.138. The molecule has 0 saturated heterocycles. The molecule has 0 aliphatic carbocycles. The fraction of sp³-hybridized carbons (Fsp3) is 0.389. The van der Waals surface area contributed by atoms with Gasteiger partial charge < -0.3 is 10.0 Å². The number of nitrogens with zero attached hydrogens (tertiary/aromatic N) is 2. The number of rotatable bonds is 5. The summed E-state index contributed by atoms with van der Waals surface area (Å²) in [5.41, 5.74) is 0.0359. The van der Waals surface area contributed by atoms with Crippen molar-refractivity contribution in [2.45, 2.75) is 38.9 Å². The summed E-state index contributed by atoms with van der Waals surface area (Å²) in [4.78, 5) is 24.8. The van der Waals surface area contributed by atoms with Crippen LogP contribution in [0.5, 0.6) is 0 Å². The zero-order chi connectivity index (χ0) is 20.4. The maximum Gasteiger partial charge on any atom is 0.416 e. The van der Waals surface area contributed by atoms with E-state index in [4.69, 9.17) is 5.11 Å². The fourth-order valence-electron chi connectivity index (χ4n) is 2.36. The van der Waals surface area contributed by atoms with Crippen molar-refractivity contribution in [3.8, 4) is 0 Å². The van der Waals surface area contributed by atoms with E-state index in [9.17, 15) is 22.8 Å². The van der Waals surface area contributed by atoms with E-state index in [0.29, 0.717) is 11.3 Å². The first kappa shape index (κ1) is 20.5. The van der Waals surface area contributed by atoms with Gasteiger partial charge in [0.15, 0.2) is 0 Å². The molecule has 146 valence electrons. The monoisotopic (exact) mass is 383 g/mol. The summed E-state index contributed by atoms with van der Waals surface area (Å²) in [6, 6.07) is 5.77. The molecule has 0 aliphatic heterocycles. The minimum absolute atomic E-state index is 0.0492. The van der Waals surface area contributed by atoms with E-state index >= 15 is 0 Å². The van der Waals surface area contributed by atoms with Crippen molar-refractivity contribution in [3.05, 3.63) is 52.8 Å². The van der Waals surface area contributed by atoms with E-state index in [0.717, 1.165) is 17.0 Å². The van der Waals surface area contributed by atoms with Crippen LogP contribution in [0, 0.1) is 0 Å². The van der Waals surface area contributed by atoms with Crippen LogP contribution >= 0.6 is 0 Å². The number of aromatic amines is 1. The van der Waals surface area contributed by atoms with Crippen LogP contribution < -0.4 is 0 Å². The topological polar surface area (TPSA) is 86.3 Å². The third kappa shape index (κ3) is 5.32. The highest BCUT2D eigenvalue weighted by molar-refractivity contribution is 5.94. The second-order valence-electron chi connectivity index (χ2n) is 7.17. The smallest absolute Gasteiger partial charge is 0.416 e. The van der Waals surface area contributed by atoms with E-state index in [-0.39, 0.29) is 17.7 Å². The molecule has 1 amide bonds. The van der Waals surface area contributed by atoms with Crippen LogP contribution in [-0.4, -0.2) is 38.6 Å². The minimum Gasteiger partial charge on any atom is -0.480 e. The molecule has 1 heterocycles. The zero-order valence-electron chi connectivity index (χ0n) is 15.1. The van der Waals surface area contributed by atoms with E-state index in [1.54, 1.807) is 6.07 Å². The Labute approximate surface area is 154 Å². The molecule has 0 spiro atoms. The summed E-state index contributed by atoms with van der Waals surface area (Å²) >= 11 is 0. The highest BCUT2D eigenvalue weighted by Gasteiger charge is 2.30. The van der Waals surface area contributed by atoms with E-state index in [1.165, 1.54) is 12.1 Å². The molecule has 0 bridgehead atoms. The molecule has 0 saturated carbocycles. The number of hydrogen-bond acceptors (Lipinski definition) is 3. The van der Waals surface area contributed by atoms with E-state index < -0.39 is 30.2 Å². The Bertz CT molecular complexity index is 821. The number of nitrogens with one attached hydrogen (secondary N) is 1. The van der Waals surface area contributed by atoms with E-state index in [2.05, 4.69) is 10.2 Å². The first-order valence-corrected chi connectivity index (χ1v) is 8.11. The minimum atomic E-state index is -4.46. The second kappa shape index (κ2) is 7.42. The van der Waals surface area contributed by atoms with Crippen LogP contribution in [0.2, 0.25) is 0 Å². The number of carbonyl (C=O) groups is 2. The van der Waals surface area contributed by atoms with Crippen molar-refractivity contribution in [2.75, 3.05) is 6.54 Å². The molecule has 0 aliphatic rings. The van der Waals surface area contributed by atoms with Crippen molar-refractivity contribution in [3.63, 3.8) is 0 Å². The Morgan fingerprint density at radius 2 is 1.74 bits per heavy atom. The van der Waals surface area contributed by atoms with Crippen LogP contribution in [0.4, 0.5) is 13.2 Å². The number of carboxylic acid groups (broad SMARTS) is 1. The number of hydrogen-bond donors (Lipinski definition) is 2. The zero-order valence-corrected chi connectivity index (χ0v) is 15.1.